The molecule has 3 aromatic carbocycles. The highest BCUT2D eigenvalue weighted by molar-refractivity contribution is 6.19. The number of ether oxygens (including phenoxy) is 1. The van der Waals surface area contributed by atoms with Crippen molar-refractivity contribution < 1.29 is 18.7 Å². The van der Waals surface area contributed by atoms with Gasteiger partial charge in [-0.3, -0.25) is 14.5 Å². The number of rotatable bonds is 7. The molecular weight excluding hydrogens is 519 g/mol. The average molecular weight is 547 g/mol. The topological polar surface area (TPSA) is 88.2 Å². The third kappa shape index (κ3) is 5.70. The normalized spacial score (nSPS) is 14.6. The molecule has 0 saturated carbocycles. The van der Waals surface area contributed by atoms with Crippen LogP contribution in [0.1, 0.15) is 31.9 Å². The third-order valence-corrected chi connectivity index (χ3v) is 6.64. The van der Waals surface area contributed by atoms with Crippen LogP contribution in [0.5, 0.6) is 5.75 Å². The van der Waals surface area contributed by atoms with Gasteiger partial charge < -0.3 is 4.74 Å². The van der Waals surface area contributed by atoms with Gasteiger partial charge in [-0.25, -0.2) is 9.07 Å². The molecule has 41 heavy (non-hydrogen) atoms. The lowest BCUT2D eigenvalue weighted by Crippen LogP contribution is -2.42. The van der Waals surface area contributed by atoms with Crippen molar-refractivity contribution in [1.82, 2.24) is 14.7 Å². The summed E-state index contributed by atoms with van der Waals surface area (Å²) < 4.78 is 21.0. The van der Waals surface area contributed by atoms with Crippen LogP contribution in [0.4, 0.5) is 4.39 Å². The van der Waals surface area contributed by atoms with Crippen molar-refractivity contribution in [3.05, 3.63) is 119 Å². The van der Waals surface area contributed by atoms with Crippen molar-refractivity contribution in [1.29, 1.82) is 5.26 Å². The molecule has 0 fully saturated rings. The van der Waals surface area contributed by atoms with Crippen molar-refractivity contribution in [2.24, 2.45) is 0 Å². The molecule has 0 spiro atoms. The second kappa shape index (κ2) is 11.4. The summed E-state index contributed by atoms with van der Waals surface area (Å²) in [5.74, 6) is -0.931. The molecule has 0 bridgehead atoms. The molecule has 0 unspecified atom stereocenters. The number of aromatic nitrogens is 2. The summed E-state index contributed by atoms with van der Waals surface area (Å²) in [5.41, 5.74) is 3.80. The first-order valence-corrected chi connectivity index (χ1v) is 13.1. The zero-order chi connectivity index (χ0) is 29.1. The van der Waals surface area contributed by atoms with Crippen molar-refractivity contribution in [2.75, 3.05) is 0 Å². The third-order valence-electron chi connectivity index (χ3n) is 6.64. The monoisotopic (exact) mass is 546 g/mol. The van der Waals surface area contributed by atoms with Crippen molar-refractivity contribution in [3.8, 4) is 28.8 Å². The fourth-order valence-electron chi connectivity index (χ4n) is 4.60. The van der Waals surface area contributed by atoms with E-state index < -0.39 is 17.6 Å². The van der Waals surface area contributed by atoms with Gasteiger partial charge in [-0.1, -0.05) is 30.3 Å². The molecule has 1 aliphatic heterocycles. The molecule has 204 valence electrons. The second-order valence-electron chi connectivity index (χ2n) is 9.90. The van der Waals surface area contributed by atoms with Crippen LogP contribution in [0.25, 0.3) is 23.0 Å². The van der Waals surface area contributed by atoms with Crippen molar-refractivity contribution >= 4 is 17.9 Å². The molecule has 1 aliphatic rings. The van der Waals surface area contributed by atoms with E-state index in [1.54, 1.807) is 17.7 Å². The summed E-state index contributed by atoms with van der Waals surface area (Å²) in [6.07, 6.45) is 3.50. The largest absolute Gasteiger partial charge is 0.491 e. The van der Waals surface area contributed by atoms with Gasteiger partial charge in [0.2, 0.25) is 0 Å². The lowest BCUT2D eigenvalue weighted by Gasteiger charge is -2.27. The molecule has 8 heteroatoms. The number of para-hydroxylation sites is 1. The van der Waals surface area contributed by atoms with E-state index in [4.69, 9.17) is 9.84 Å². The number of carbonyl (C=O) groups is 2. The summed E-state index contributed by atoms with van der Waals surface area (Å²) in [7, 11) is 0. The molecular formula is C33H27FN4O3. The van der Waals surface area contributed by atoms with Crippen molar-refractivity contribution in [2.45, 2.75) is 33.4 Å². The fourth-order valence-corrected chi connectivity index (χ4v) is 4.60. The Balaban J connectivity index is 1.61. The molecule has 0 N–H and O–H groups in total. The molecule has 2 amide bonds. The number of hydrogen-bond acceptors (Lipinski definition) is 5. The van der Waals surface area contributed by atoms with E-state index in [1.165, 1.54) is 24.3 Å². The predicted molar refractivity (Wildman–Crippen MR) is 153 cm³/mol. The smallest absolute Gasteiger partial charge is 0.271 e. The quantitative estimate of drug-likeness (QED) is 0.202. The number of hydrogen-bond donors (Lipinski definition) is 0. The van der Waals surface area contributed by atoms with Gasteiger partial charge in [-0.2, -0.15) is 10.4 Å². The van der Waals surface area contributed by atoms with Gasteiger partial charge >= 0.3 is 0 Å². The van der Waals surface area contributed by atoms with E-state index in [0.29, 0.717) is 16.8 Å². The van der Waals surface area contributed by atoms with Gasteiger partial charge in [0.15, 0.2) is 0 Å². The van der Waals surface area contributed by atoms with Crippen molar-refractivity contribution in [3.63, 3.8) is 0 Å². The summed E-state index contributed by atoms with van der Waals surface area (Å²) in [6, 6.07) is 24.6. The Labute approximate surface area is 237 Å². The summed E-state index contributed by atoms with van der Waals surface area (Å²) in [4.78, 5) is 27.9. The highest BCUT2D eigenvalue weighted by Crippen LogP contribution is 2.32. The Morgan fingerprint density at radius 3 is 2.29 bits per heavy atom. The van der Waals surface area contributed by atoms with E-state index in [0.717, 1.165) is 21.9 Å². The van der Waals surface area contributed by atoms with E-state index in [-0.39, 0.29) is 29.4 Å². The molecule has 2 heterocycles. The minimum absolute atomic E-state index is 0.0282. The first-order valence-electron chi connectivity index (χ1n) is 13.1. The molecule has 0 atom stereocenters. The number of imide groups is 1. The molecule has 0 radical (unpaired) electrons. The molecule has 1 aromatic heterocycles. The van der Waals surface area contributed by atoms with Crippen LogP contribution in [-0.2, 0) is 16.1 Å². The van der Waals surface area contributed by atoms with Crippen LogP contribution in [-0.4, -0.2) is 32.6 Å². The predicted octanol–water partition coefficient (Wildman–Crippen LogP) is 6.26. The second-order valence-corrected chi connectivity index (χ2v) is 9.90. The standard InChI is InChI=1S/C33H27FN4O3/c1-21(2)41-28-15-11-24(12-16-28)31-25(20-38(36-31)27-7-5-4-6-8-27)17-29-22(3)30(18-35)33(40)37(32(29)39)19-23-9-13-26(34)14-10-23/h4-17,20-21H,19H2,1-3H3/b29-17+. The maximum absolute atomic E-state index is 13.7. The molecule has 4 aromatic rings. The summed E-state index contributed by atoms with van der Waals surface area (Å²) in [6.45, 7) is 5.41. The SMILES string of the molecule is CC1=C(C#N)C(=O)N(Cc2ccc(F)cc2)C(=O)/C1=C/c1cn(-c2ccccc2)nc1-c1ccc(OC(C)C)cc1. The lowest BCUT2D eigenvalue weighted by atomic mass is 9.93. The van der Waals surface area contributed by atoms with Crippen LogP contribution >= 0.6 is 0 Å². The van der Waals surface area contributed by atoms with Crippen LogP contribution in [0.15, 0.2) is 102 Å². The fraction of sp³-hybridized carbons (Fsp3) is 0.152. The number of carbonyl (C=O) groups excluding carboxylic acids is 2. The number of nitriles is 1. The van der Waals surface area contributed by atoms with E-state index in [1.807, 2.05) is 80.7 Å². The van der Waals surface area contributed by atoms with Crippen LogP contribution in [0.3, 0.4) is 0 Å². The van der Waals surface area contributed by atoms with Gasteiger partial charge in [0.05, 0.1) is 24.0 Å². The number of nitrogens with zero attached hydrogens (tertiary/aromatic N) is 4. The average Bonchev–Trinajstić information content (AvgIpc) is 3.39. The van der Waals surface area contributed by atoms with Gasteiger partial charge in [-0.15, -0.1) is 0 Å². The molecule has 0 saturated heterocycles. The lowest BCUT2D eigenvalue weighted by molar-refractivity contribution is -0.141. The Kier molecular flexibility index (Phi) is 7.61. The minimum atomic E-state index is -0.683. The van der Waals surface area contributed by atoms with Gasteiger partial charge in [0, 0.05) is 22.9 Å². The van der Waals surface area contributed by atoms with E-state index in [9.17, 15) is 19.2 Å². The molecule has 7 nitrogen and oxygen atoms in total. The maximum Gasteiger partial charge on any atom is 0.271 e. The van der Waals surface area contributed by atoms with Crippen LogP contribution < -0.4 is 4.74 Å². The first kappa shape index (κ1) is 27.3. The Bertz CT molecular complexity index is 1710. The molecule has 5 rings (SSSR count). The zero-order valence-electron chi connectivity index (χ0n) is 22.8. The first-order chi connectivity index (χ1) is 19.7. The highest BCUT2D eigenvalue weighted by atomic mass is 19.1. The Hall–Kier alpha value is -5.29. The number of halogens is 1. The number of benzene rings is 3. The highest BCUT2D eigenvalue weighted by Gasteiger charge is 2.35. The van der Waals surface area contributed by atoms with E-state index >= 15 is 0 Å². The van der Waals surface area contributed by atoms with Gasteiger partial charge in [-0.05, 0) is 86.5 Å². The minimum Gasteiger partial charge on any atom is -0.491 e. The van der Waals surface area contributed by atoms with Gasteiger partial charge in [0.1, 0.15) is 23.2 Å². The Morgan fingerprint density at radius 1 is 0.976 bits per heavy atom. The number of amides is 2. The summed E-state index contributed by atoms with van der Waals surface area (Å²) in [5, 5.41) is 14.7. The summed E-state index contributed by atoms with van der Waals surface area (Å²) >= 11 is 0. The molecule has 0 aliphatic carbocycles. The van der Waals surface area contributed by atoms with E-state index in [2.05, 4.69) is 0 Å². The Morgan fingerprint density at radius 2 is 1.66 bits per heavy atom. The zero-order valence-corrected chi connectivity index (χ0v) is 22.8. The van der Waals surface area contributed by atoms with Crippen LogP contribution in [0, 0.1) is 17.1 Å². The maximum atomic E-state index is 13.7. The van der Waals surface area contributed by atoms with Crippen LogP contribution in [0.2, 0.25) is 0 Å². The van der Waals surface area contributed by atoms with Gasteiger partial charge in [0.25, 0.3) is 11.8 Å².